The van der Waals surface area contributed by atoms with Crippen molar-refractivity contribution < 1.29 is 9.53 Å². The second kappa shape index (κ2) is 8.34. The smallest absolute Gasteiger partial charge is 0.278 e. The van der Waals surface area contributed by atoms with E-state index in [0.717, 1.165) is 36.0 Å². The molecule has 0 aliphatic carbocycles. The summed E-state index contributed by atoms with van der Waals surface area (Å²) in [6, 6.07) is 6.02. The molecule has 7 nitrogen and oxygen atoms in total. The number of benzene rings is 1. The third-order valence-corrected chi connectivity index (χ3v) is 6.99. The molecule has 1 aliphatic heterocycles. The van der Waals surface area contributed by atoms with Crippen molar-refractivity contribution in [1.29, 1.82) is 0 Å². The van der Waals surface area contributed by atoms with Crippen LogP contribution in [0.3, 0.4) is 0 Å². The van der Waals surface area contributed by atoms with Gasteiger partial charge in [-0.2, -0.15) is 0 Å². The minimum Gasteiger partial charge on any atom is -0.497 e. The number of piperidine rings is 1. The van der Waals surface area contributed by atoms with Crippen LogP contribution in [0.5, 0.6) is 5.75 Å². The van der Waals surface area contributed by atoms with Crippen molar-refractivity contribution >= 4 is 39.6 Å². The van der Waals surface area contributed by atoms with Crippen LogP contribution in [0.1, 0.15) is 33.1 Å². The molecule has 0 saturated carbocycles. The van der Waals surface area contributed by atoms with Gasteiger partial charge in [-0.05, 0) is 51.3 Å². The summed E-state index contributed by atoms with van der Waals surface area (Å²) in [6.45, 7) is 5.36. The molecule has 0 unspecified atom stereocenters. The molecule has 2 aromatic heterocycles. The second-order valence-corrected chi connectivity index (χ2v) is 8.75. The number of hydrogen-bond donors (Lipinski definition) is 0. The molecule has 0 N–H and O–H groups in total. The molecule has 3 aromatic rings. The molecule has 0 spiro atoms. The summed E-state index contributed by atoms with van der Waals surface area (Å²) in [7, 11) is 3.51. The van der Waals surface area contributed by atoms with E-state index < -0.39 is 0 Å². The minimum absolute atomic E-state index is 0.0820. The van der Waals surface area contributed by atoms with Gasteiger partial charge in [0.1, 0.15) is 16.8 Å². The second-order valence-electron chi connectivity index (χ2n) is 7.80. The molecule has 0 radical (unpaired) electrons. The molecule has 1 aliphatic rings. The van der Waals surface area contributed by atoms with Crippen molar-refractivity contribution in [3.05, 3.63) is 28.6 Å². The summed E-state index contributed by atoms with van der Waals surface area (Å²) in [5.41, 5.74) is 2.07. The van der Waals surface area contributed by atoms with E-state index >= 15 is 0 Å². The maximum Gasteiger partial charge on any atom is 0.278 e. The quantitative estimate of drug-likeness (QED) is 0.460. The number of carbonyl (C=O) groups excluding carboxylic acids is 1. The molecule has 1 amide bonds. The van der Waals surface area contributed by atoms with Gasteiger partial charge in [-0.1, -0.05) is 11.8 Å². The molecule has 1 atom stereocenters. The summed E-state index contributed by atoms with van der Waals surface area (Å²) in [4.78, 5) is 32.9. The van der Waals surface area contributed by atoms with Crippen molar-refractivity contribution in [2.24, 2.45) is 7.05 Å². The van der Waals surface area contributed by atoms with Crippen LogP contribution >= 0.6 is 11.8 Å². The lowest BCUT2D eigenvalue weighted by Crippen LogP contribution is -2.43. The Morgan fingerprint density at radius 3 is 2.83 bits per heavy atom. The van der Waals surface area contributed by atoms with Gasteiger partial charge in [0, 0.05) is 31.6 Å². The van der Waals surface area contributed by atoms with Crippen LogP contribution in [-0.4, -0.2) is 50.4 Å². The monoisotopic (exact) mass is 428 g/mol. The van der Waals surface area contributed by atoms with E-state index in [0.29, 0.717) is 22.7 Å². The predicted octanol–water partition coefficient (Wildman–Crippen LogP) is 3.41. The summed E-state index contributed by atoms with van der Waals surface area (Å²) in [6.07, 6.45) is 3.29. The first-order chi connectivity index (χ1) is 14.5. The lowest BCUT2D eigenvalue weighted by atomic mass is 10.0. The Balaban J connectivity index is 1.75. The van der Waals surface area contributed by atoms with Crippen LogP contribution in [0, 0.1) is 0 Å². The highest BCUT2D eigenvalue weighted by Crippen LogP contribution is 2.30. The van der Waals surface area contributed by atoms with E-state index in [1.54, 1.807) is 11.7 Å². The topological polar surface area (TPSA) is 69.4 Å². The number of ether oxygens (including phenoxy) is 1. The van der Waals surface area contributed by atoms with E-state index in [-0.39, 0.29) is 23.3 Å². The van der Waals surface area contributed by atoms with Crippen molar-refractivity contribution in [2.45, 2.75) is 50.9 Å². The van der Waals surface area contributed by atoms with Crippen LogP contribution in [0.15, 0.2) is 28.2 Å². The minimum atomic E-state index is -0.0820. The van der Waals surface area contributed by atoms with Gasteiger partial charge in [0.15, 0.2) is 5.16 Å². The summed E-state index contributed by atoms with van der Waals surface area (Å²) in [5, 5.41) is 1.47. The Labute approximate surface area is 180 Å². The van der Waals surface area contributed by atoms with Crippen molar-refractivity contribution in [3.63, 3.8) is 0 Å². The van der Waals surface area contributed by atoms with E-state index in [2.05, 4.69) is 6.92 Å². The van der Waals surface area contributed by atoms with Crippen molar-refractivity contribution in [1.82, 2.24) is 19.0 Å². The van der Waals surface area contributed by atoms with Gasteiger partial charge in [0.05, 0.1) is 18.4 Å². The molecule has 1 aromatic carbocycles. The fourth-order valence-corrected chi connectivity index (χ4v) is 5.27. The normalized spacial score (nSPS) is 17.1. The van der Waals surface area contributed by atoms with Gasteiger partial charge >= 0.3 is 0 Å². The number of fused-ring (bicyclic) bond motifs is 3. The zero-order valence-corrected chi connectivity index (χ0v) is 18.8. The zero-order chi connectivity index (χ0) is 21.4. The average molecular weight is 429 g/mol. The Hall–Kier alpha value is -2.48. The van der Waals surface area contributed by atoms with Crippen LogP contribution in [-0.2, 0) is 18.4 Å². The molecular formula is C22H28N4O3S. The molecular weight excluding hydrogens is 400 g/mol. The van der Waals surface area contributed by atoms with Gasteiger partial charge in [-0.15, -0.1) is 0 Å². The van der Waals surface area contributed by atoms with E-state index in [4.69, 9.17) is 9.72 Å². The number of aryl methyl sites for hydroxylation is 1. The first-order valence-corrected chi connectivity index (χ1v) is 11.4. The molecule has 1 saturated heterocycles. The number of rotatable bonds is 5. The highest BCUT2D eigenvalue weighted by molar-refractivity contribution is 7.99. The fraction of sp³-hybridized carbons (Fsp3) is 0.500. The average Bonchev–Trinajstić information content (AvgIpc) is 3.04. The molecule has 8 heteroatoms. The number of carbonyl (C=O) groups is 1. The number of aromatic nitrogens is 3. The SMILES string of the molecule is CCn1c(SCC(=O)N2CCCC[C@@H]2C)nc2c3cc(OC)ccc3n(C)c2c1=O. The highest BCUT2D eigenvalue weighted by atomic mass is 32.2. The Morgan fingerprint density at radius 1 is 1.33 bits per heavy atom. The summed E-state index contributed by atoms with van der Waals surface area (Å²) < 4.78 is 8.92. The van der Waals surface area contributed by atoms with Crippen LogP contribution in [0.25, 0.3) is 21.9 Å². The third-order valence-electron chi connectivity index (χ3n) is 6.03. The number of thioether (sulfide) groups is 1. The molecule has 0 bridgehead atoms. The molecule has 160 valence electrons. The van der Waals surface area contributed by atoms with Gasteiger partial charge in [0.25, 0.3) is 5.56 Å². The standard InChI is InChI=1S/C22H28N4O3S/c1-5-25-21(28)20-19(16-12-15(29-4)9-10-17(16)24(20)3)23-22(25)30-13-18(27)26-11-7-6-8-14(26)2/h9-10,12,14H,5-8,11,13H2,1-4H3/t14-/m0/s1. The Bertz CT molecular complexity index is 1170. The number of nitrogens with zero attached hydrogens (tertiary/aromatic N) is 4. The van der Waals surface area contributed by atoms with Crippen molar-refractivity contribution in [2.75, 3.05) is 19.4 Å². The third kappa shape index (κ3) is 3.47. The number of methoxy groups -OCH3 is 1. The van der Waals surface area contributed by atoms with Gasteiger partial charge in [0.2, 0.25) is 5.91 Å². The Kier molecular flexibility index (Phi) is 5.77. The van der Waals surface area contributed by atoms with E-state index in [1.807, 2.05) is 41.6 Å². The van der Waals surface area contributed by atoms with E-state index in [9.17, 15) is 9.59 Å². The fourth-order valence-electron chi connectivity index (χ4n) is 4.33. The number of likely N-dealkylation sites (tertiary alicyclic amines) is 1. The molecule has 4 rings (SSSR count). The number of amides is 1. The number of hydrogen-bond acceptors (Lipinski definition) is 5. The molecule has 3 heterocycles. The largest absolute Gasteiger partial charge is 0.497 e. The van der Waals surface area contributed by atoms with Gasteiger partial charge in [-0.25, -0.2) is 4.98 Å². The highest BCUT2D eigenvalue weighted by Gasteiger charge is 2.24. The summed E-state index contributed by atoms with van der Waals surface area (Å²) >= 11 is 1.35. The maximum atomic E-state index is 13.3. The first-order valence-electron chi connectivity index (χ1n) is 10.5. The van der Waals surface area contributed by atoms with Gasteiger partial charge in [-0.3, -0.25) is 14.2 Å². The van der Waals surface area contributed by atoms with Crippen LogP contribution < -0.4 is 10.3 Å². The van der Waals surface area contributed by atoms with E-state index in [1.165, 1.54) is 18.2 Å². The van der Waals surface area contributed by atoms with Crippen LogP contribution in [0.2, 0.25) is 0 Å². The molecule has 30 heavy (non-hydrogen) atoms. The lowest BCUT2D eigenvalue weighted by Gasteiger charge is -2.33. The maximum absolute atomic E-state index is 13.3. The summed E-state index contributed by atoms with van der Waals surface area (Å²) in [5.74, 6) is 1.12. The predicted molar refractivity (Wildman–Crippen MR) is 120 cm³/mol. The van der Waals surface area contributed by atoms with Crippen LogP contribution in [0.4, 0.5) is 0 Å². The van der Waals surface area contributed by atoms with Gasteiger partial charge < -0.3 is 14.2 Å². The van der Waals surface area contributed by atoms with Crippen molar-refractivity contribution in [3.8, 4) is 5.75 Å². The lowest BCUT2D eigenvalue weighted by molar-refractivity contribution is -0.131. The molecule has 1 fully saturated rings. The first kappa shape index (κ1) is 20.8. The zero-order valence-electron chi connectivity index (χ0n) is 18.0. The Morgan fingerprint density at radius 2 is 2.13 bits per heavy atom.